The monoisotopic (exact) mass is 565 g/mol. The first-order valence-corrected chi connectivity index (χ1v) is 14.2. The average Bonchev–Trinajstić information content (AvgIpc) is 2.97. The van der Waals surface area contributed by atoms with Crippen molar-refractivity contribution in [3.05, 3.63) is 56.9 Å². The molecule has 1 amide bonds. The van der Waals surface area contributed by atoms with Crippen LogP contribution in [0.3, 0.4) is 0 Å². The van der Waals surface area contributed by atoms with E-state index in [0.717, 1.165) is 42.2 Å². The third-order valence-corrected chi connectivity index (χ3v) is 8.88. The Hall–Kier alpha value is -3.72. The highest BCUT2D eigenvalue weighted by Gasteiger charge is 2.43. The zero-order valence-electron chi connectivity index (χ0n) is 24.5. The maximum Gasteiger partial charge on any atom is 0.340 e. The molecule has 220 valence electrons. The summed E-state index contributed by atoms with van der Waals surface area (Å²) in [5, 5.41) is 11.7. The van der Waals surface area contributed by atoms with Gasteiger partial charge in [-0.15, -0.1) is 0 Å². The van der Waals surface area contributed by atoms with E-state index in [1.165, 1.54) is 0 Å². The van der Waals surface area contributed by atoms with Crippen molar-refractivity contribution < 1.29 is 33.3 Å². The first-order chi connectivity index (χ1) is 19.7. The lowest BCUT2D eigenvalue weighted by atomic mass is 9.71. The summed E-state index contributed by atoms with van der Waals surface area (Å²) < 4.78 is 28.2. The van der Waals surface area contributed by atoms with Gasteiger partial charge in [0.2, 0.25) is 11.7 Å². The van der Waals surface area contributed by atoms with Crippen LogP contribution in [0.1, 0.15) is 54.4 Å². The minimum absolute atomic E-state index is 0.0201. The van der Waals surface area contributed by atoms with E-state index in [9.17, 15) is 14.7 Å². The molecule has 2 heterocycles. The van der Waals surface area contributed by atoms with Crippen LogP contribution in [0.2, 0.25) is 0 Å². The van der Waals surface area contributed by atoms with Crippen LogP contribution in [0.5, 0.6) is 23.0 Å². The largest absolute Gasteiger partial charge is 0.493 e. The first-order valence-electron chi connectivity index (χ1n) is 14.2. The van der Waals surface area contributed by atoms with E-state index in [-0.39, 0.29) is 24.9 Å². The zero-order chi connectivity index (χ0) is 29.3. The maximum atomic E-state index is 13.3. The molecule has 1 aliphatic heterocycles. The van der Waals surface area contributed by atoms with E-state index in [1.807, 2.05) is 38.1 Å². The lowest BCUT2D eigenvalue weighted by Gasteiger charge is -2.47. The molecule has 3 aromatic rings. The quantitative estimate of drug-likeness (QED) is 0.392. The number of carbonyl (C=O) groups excluding carboxylic acids is 1. The number of amides is 1. The Bertz CT molecular complexity index is 1490. The molecular formula is C32H39NO8. The third-order valence-electron chi connectivity index (χ3n) is 8.88. The molecule has 2 atom stereocenters. The van der Waals surface area contributed by atoms with Gasteiger partial charge in [0, 0.05) is 30.0 Å². The number of benzene rings is 2. The normalized spacial score (nSPS) is 20.4. The molecule has 1 saturated heterocycles. The van der Waals surface area contributed by atoms with Crippen LogP contribution >= 0.6 is 0 Å². The van der Waals surface area contributed by atoms with E-state index in [4.69, 9.17) is 23.4 Å². The maximum absolute atomic E-state index is 13.3. The Morgan fingerprint density at radius 1 is 1.02 bits per heavy atom. The fourth-order valence-electron chi connectivity index (χ4n) is 6.37. The summed E-state index contributed by atoms with van der Waals surface area (Å²) in [6, 6.07) is 7.36. The first kappa shape index (κ1) is 28.8. The average molecular weight is 566 g/mol. The fourth-order valence-corrected chi connectivity index (χ4v) is 6.37. The molecule has 5 rings (SSSR count). The van der Waals surface area contributed by atoms with E-state index in [2.05, 4.69) is 0 Å². The summed E-state index contributed by atoms with van der Waals surface area (Å²) in [6.45, 7) is 4.98. The molecule has 0 spiro atoms. The van der Waals surface area contributed by atoms with Gasteiger partial charge in [0.1, 0.15) is 17.9 Å². The van der Waals surface area contributed by atoms with E-state index in [1.54, 1.807) is 26.2 Å². The number of hydrogen-bond donors (Lipinski definition) is 1. The molecule has 1 N–H and O–H groups in total. The second-order valence-corrected chi connectivity index (χ2v) is 11.2. The summed E-state index contributed by atoms with van der Waals surface area (Å²) in [6.07, 6.45) is 4.42. The van der Waals surface area contributed by atoms with Gasteiger partial charge in [-0.25, -0.2) is 4.79 Å². The lowest BCUT2D eigenvalue weighted by molar-refractivity contribution is -0.142. The van der Waals surface area contributed by atoms with Gasteiger partial charge in [0.15, 0.2) is 11.5 Å². The summed E-state index contributed by atoms with van der Waals surface area (Å²) in [4.78, 5) is 28.2. The number of likely N-dealkylation sites (tertiary alicyclic amines) is 1. The molecule has 9 heteroatoms. The predicted octanol–water partition coefficient (Wildman–Crippen LogP) is 4.71. The Kier molecular flexibility index (Phi) is 8.18. The number of nitrogens with zero attached hydrogens (tertiary/aromatic N) is 1. The molecule has 1 aromatic heterocycles. The van der Waals surface area contributed by atoms with Crippen LogP contribution in [0.25, 0.3) is 11.0 Å². The molecule has 2 aliphatic rings. The molecule has 1 aliphatic carbocycles. The van der Waals surface area contributed by atoms with Crippen LogP contribution in [-0.4, -0.2) is 55.9 Å². The van der Waals surface area contributed by atoms with Crippen molar-refractivity contribution in [2.75, 3.05) is 34.4 Å². The minimum atomic E-state index is -0.657. The van der Waals surface area contributed by atoms with Crippen molar-refractivity contribution in [3.63, 3.8) is 0 Å². The summed E-state index contributed by atoms with van der Waals surface area (Å²) in [5.74, 6) is 2.14. The Labute approximate surface area is 239 Å². The smallest absolute Gasteiger partial charge is 0.340 e. The van der Waals surface area contributed by atoms with Gasteiger partial charge >= 0.3 is 5.63 Å². The van der Waals surface area contributed by atoms with Gasteiger partial charge in [0.25, 0.3) is 0 Å². The second kappa shape index (κ2) is 11.6. The number of rotatable bonds is 8. The number of carbonyl (C=O) groups is 1. The van der Waals surface area contributed by atoms with Crippen LogP contribution < -0.4 is 24.6 Å². The van der Waals surface area contributed by atoms with Crippen molar-refractivity contribution in [2.24, 2.45) is 5.92 Å². The van der Waals surface area contributed by atoms with E-state index in [0.29, 0.717) is 59.2 Å². The van der Waals surface area contributed by atoms with Crippen molar-refractivity contribution in [1.29, 1.82) is 0 Å². The molecule has 2 aromatic carbocycles. The summed E-state index contributed by atoms with van der Waals surface area (Å²) >= 11 is 0. The van der Waals surface area contributed by atoms with Gasteiger partial charge in [-0.2, -0.15) is 0 Å². The van der Waals surface area contributed by atoms with Gasteiger partial charge in [-0.3, -0.25) is 4.79 Å². The van der Waals surface area contributed by atoms with Crippen LogP contribution in [0.4, 0.5) is 0 Å². The summed E-state index contributed by atoms with van der Waals surface area (Å²) in [7, 11) is 4.67. The van der Waals surface area contributed by atoms with Crippen molar-refractivity contribution in [1.82, 2.24) is 4.90 Å². The lowest BCUT2D eigenvalue weighted by Crippen LogP contribution is -2.55. The third kappa shape index (κ3) is 5.47. The van der Waals surface area contributed by atoms with Gasteiger partial charge in [-0.1, -0.05) is 12.8 Å². The highest BCUT2D eigenvalue weighted by Crippen LogP contribution is 2.41. The minimum Gasteiger partial charge on any atom is -0.493 e. The summed E-state index contributed by atoms with van der Waals surface area (Å²) in [5.41, 5.74) is 1.88. The number of ether oxygens (including phenoxy) is 4. The molecule has 9 nitrogen and oxygen atoms in total. The molecule has 0 bridgehead atoms. The number of methoxy groups -OCH3 is 3. The molecule has 41 heavy (non-hydrogen) atoms. The topological polar surface area (TPSA) is 108 Å². The van der Waals surface area contributed by atoms with E-state index >= 15 is 0 Å². The standard InChI is InChI=1S/C32H39NO8/c1-19-23-9-10-25(40-18-21-14-26(37-3)30(39-5)27(15-21)38-4)20(2)29(23)41-31(35)24(19)16-28(34)33-13-12-32(36)11-7-6-8-22(32)17-33/h9-10,14-15,22,36H,6-8,11-13,16-18H2,1-5H3. The number of fused-ring (bicyclic) bond motifs is 2. The predicted molar refractivity (Wildman–Crippen MR) is 154 cm³/mol. The van der Waals surface area contributed by atoms with Crippen LogP contribution in [0.15, 0.2) is 33.5 Å². The van der Waals surface area contributed by atoms with Crippen molar-refractivity contribution in [3.8, 4) is 23.0 Å². The number of piperidine rings is 1. The fraction of sp³-hybridized carbons (Fsp3) is 0.500. The highest BCUT2D eigenvalue weighted by atomic mass is 16.5. The van der Waals surface area contributed by atoms with Crippen LogP contribution in [0, 0.1) is 19.8 Å². The molecule has 2 unspecified atom stereocenters. The second-order valence-electron chi connectivity index (χ2n) is 11.2. The zero-order valence-corrected chi connectivity index (χ0v) is 24.5. The Morgan fingerprint density at radius 3 is 2.44 bits per heavy atom. The number of aryl methyl sites for hydroxylation is 2. The molecular weight excluding hydrogens is 526 g/mol. The van der Waals surface area contributed by atoms with Gasteiger partial charge in [0.05, 0.1) is 38.9 Å². The number of hydrogen-bond acceptors (Lipinski definition) is 8. The Balaban J connectivity index is 1.35. The number of aliphatic hydroxyl groups is 1. The molecule has 0 radical (unpaired) electrons. The SMILES string of the molecule is COc1cc(COc2ccc3c(C)c(CC(=O)N4CCC5(O)CCCCC5C4)c(=O)oc3c2C)cc(OC)c1OC. The Morgan fingerprint density at radius 2 is 1.76 bits per heavy atom. The van der Waals surface area contributed by atoms with E-state index < -0.39 is 11.2 Å². The van der Waals surface area contributed by atoms with Gasteiger partial charge in [-0.05, 0) is 68.5 Å². The highest BCUT2D eigenvalue weighted by molar-refractivity contribution is 5.87. The van der Waals surface area contributed by atoms with Crippen molar-refractivity contribution in [2.45, 2.75) is 64.6 Å². The van der Waals surface area contributed by atoms with Gasteiger partial charge < -0.3 is 33.4 Å². The molecule has 2 fully saturated rings. The van der Waals surface area contributed by atoms with Crippen molar-refractivity contribution >= 4 is 16.9 Å². The molecule has 1 saturated carbocycles. The van der Waals surface area contributed by atoms with Crippen LogP contribution in [-0.2, 0) is 17.8 Å².